The van der Waals surface area contributed by atoms with Gasteiger partial charge in [0.1, 0.15) is 11.5 Å². The fourth-order valence-corrected chi connectivity index (χ4v) is 3.35. The molecule has 0 aliphatic rings. The molecule has 0 fully saturated rings. The van der Waals surface area contributed by atoms with E-state index < -0.39 is 12.1 Å². The van der Waals surface area contributed by atoms with Gasteiger partial charge in [-0.25, -0.2) is 4.79 Å². The Balaban J connectivity index is 2.51. The topological polar surface area (TPSA) is 98.0 Å². The molecule has 176 valence electrons. The number of carboxylic acid groups (broad SMARTS) is 1. The zero-order valence-electron chi connectivity index (χ0n) is 19.8. The molecule has 32 heavy (non-hydrogen) atoms. The van der Waals surface area contributed by atoms with Crippen molar-refractivity contribution >= 4 is 5.97 Å². The molecular weight excluding hydrogens is 404 g/mol. The third-order valence-electron chi connectivity index (χ3n) is 5.42. The summed E-state index contributed by atoms with van der Waals surface area (Å²) in [4.78, 5) is 11.4. The number of hydrogen-bond acceptors (Lipinski definition) is 4. The molecule has 0 heterocycles. The van der Waals surface area contributed by atoms with Crippen LogP contribution in [0.4, 0.5) is 0 Å². The monoisotopic (exact) mass is 442 g/mol. The smallest absolute Gasteiger partial charge is 0.331 e. The fraction of sp³-hybridized carbons (Fsp3) is 0.444. The lowest BCUT2D eigenvalue weighted by Crippen LogP contribution is -2.09. The van der Waals surface area contributed by atoms with Crippen LogP contribution in [-0.4, -0.2) is 32.5 Å². The van der Waals surface area contributed by atoms with Gasteiger partial charge in [0.15, 0.2) is 0 Å². The number of benzene rings is 1. The van der Waals surface area contributed by atoms with Crippen LogP contribution in [0, 0.1) is 6.92 Å². The highest BCUT2D eigenvalue weighted by Crippen LogP contribution is 2.28. The van der Waals surface area contributed by atoms with Crippen molar-refractivity contribution in [1.29, 1.82) is 0 Å². The van der Waals surface area contributed by atoms with Crippen LogP contribution in [0.3, 0.4) is 0 Å². The highest BCUT2D eigenvalue weighted by molar-refractivity contribution is 5.86. The van der Waals surface area contributed by atoms with E-state index in [0.29, 0.717) is 67.2 Å². The normalized spacial score (nSPS) is 13.0. The van der Waals surface area contributed by atoms with Gasteiger partial charge in [0.25, 0.3) is 0 Å². The second kappa shape index (κ2) is 13.6. The number of phenols is 2. The third kappa shape index (κ3) is 10.0. The minimum absolute atomic E-state index is 0.130. The van der Waals surface area contributed by atoms with Crippen LogP contribution >= 0.6 is 0 Å². The molecule has 0 amide bonds. The molecule has 1 aromatic carbocycles. The molecule has 5 nitrogen and oxygen atoms in total. The maximum absolute atomic E-state index is 11.4. The number of carboxylic acids is 1. The van der Waals surface area contributed by atoms with Crippen LogP contribution < -0.4 is 0 Å². The number of rotatable bonds is 13. The van der Waals surface area contributed by atoms with Crippen molar-refractivity contribution in [2.45, 2.75) is 78.7 Å². The summed E-state index contributed by atoms with van der Waals surface area (Å²) in [5, 5.41) is 39.6. The Morgan fingerprint density at radius 1 is 1.03 bits per heavy atom. The van der Waals surface area contributed by atoms with E-state index in [-0.39, 0.29) is 11.5 Å². The molecule has 1 atom stereocenters. The van der Waals surface area contributed by atoms with Crippen molar-refractivity contribution in [3.05, 3.63) is 70.4 Å². The Hall–Kier alpha value is -2.79. The van der Waals surface area contributed by atoms with E-state index in [2.05, 4.69) is 6.58 Å². The Morgan fingerprint density at radius 3 is 2.31 bits per heavy atom. The molecule has 0 saturated heterocycles. The number of aromatic hydroxyl groups is 2. The maximum atomic E-state index is 11.4. The number of aliphatic hydroxyl groups is 1. The van der Waals surface area contributed by atoms with Gasteiger partial charge in [0.05, 0.1) is 6.10 Å². The number of aliphatic hydroxyl groups excluding tert-OH is 1. The second-order valence-electron chi connectivity index (χ2n) is 8.63. The van der Waals surface area contributed by atoms with Crippen LogP contribution in [0.25, 0.3) is 0 Å². The second-order valence-corrected chi connectivity index (χ2v) is 8.63. The average molecular weight is 443 g/mol. The lowest BCUT2D eigenvalue weighted by Gasteiger charge is -2.14. The number of allylic oxidation sites excluding steroid dienone is 5. The molecule has 4 N–H and O–H groups in total. The molecule has 1 rings (SSSR count). The summed E-state index contributed by atoms with van der Waals surface area (Å²) < 4.78 is 0. The van der Waals surface area contributed by atoms with Crippen molar-refractivity contribution in [1.82, 2.24) is 0 Å². The van der Waals surface area contributed by atoms with Gasteiger partial charge < -0.3 is 20.4 Å². The first-order valence-corrected chi connectivity index (χ1v) is 11.1. The molecule has 5 heteroatoms. The summed E-state index contributed by atoms with van der Waals surface area (Å²) in [5.41, 5.74) is 4.64. The number of aryl methyl sites for hydroxylation is 1. The van der Waals surface area contributed by atoms with E-state index in [4.69, 9.17) is 0 Å². The van der Waals surface area contributed by atoms with Gasteiger partial charge >= 0.3 is 5.97 Å². The highest BCUT2D eigenvalue weighted by Gasteiger charge is 2.11. The Morgan fingerprint density at radius 2 is 1.69 bits per heavy atom. The fourth-order valence-electron chi connectivity index (χ4n) is 3.35. The van der Waals surface area contributed by atoms with Crippen molar-refractivity contribution in [2.24, 2.45) is 0 Å². The molecular formula is C27H38O5. The molecule has 0 saturated carbocycles. The lowest BCUT2D eigenvalue weighted by atomic mass is 9.97. The lowest BCUT2D eigenvalue weighted by molar-refractivity contribution is -0.132. The summed E-state index contributed by atoms with van der Waals surface area (Å²) in [7, 11) is 0. The van der Waals surface area contributed by atoms with Gasteiger partial charge in [-0.3, -0.25) is 0 Å². The summed E-state index contributed by atoms with van der Waals surface area (Å²) in [6, 6.07) is 3.08. The van der Waals surface area contributed by atoms with Crippen molar-refractivity contribution in [3.63, 3.8) is 0 Å². The average Bonchev–Trinajstić information content (AvgIpc) is 2.71. The van der Waals surface area contributed by atoms with E-state index in [0.717, 1.165) is 5.57 Å². The first-order valence-electron chi connectivity index (χ1n) is 11.1. The summed E-state index contributed by atoms with van der Waals surface area (Å²) in [5.74, 6) is -0.577. The Labute approximate surface area is 192 Å². The maximum Gasteiger partial charge on any atom is 0.331 e. The van der Waals surface area contributed by atoms with E-state index in [9.17, 15) is 25.2 Å². The Kier molecular flexibility index (Phi) is 11.6. The van der Waals surface area contributed by atoms with Gasteiger partial charge in [0, 0.05) is 11.1 Å². The predicted octanol–water partition coefficient (Wildman–Crippen LogP) is 6.13. The molecule has 0 radical (unpaired) electrons. The van der Waals surface area contributed by atoms with Gasteiger partial charge in [-0.15, -0.1) is 0 Å². The van der Waals surface area contributed by atoms with Crippen molar-refractivity contribution in [3.8, 4) is 11.5 Å². The van der Waals surface area contributed by atoms with E-state index in [1.807, 2.05) is 32.9 Å². The van der Waals surface area contributed by atoms with Crippen molar-refractivity contribution in [2.75, 3.05) is 0 Å². The summed E-state index contributed by atoms with van der Waals surface area (Å²) in [6.07, 6.45) is 9.08. The number of aliphatic carboxylic acids is 1. The number of hydrogen-bond donors (Lipinski definition) is 4. The minimum atomic E-state index is -0.896. The molecule has 0 spiro atoms. The summed E-state index contributed by atoms with van der Waals surface area (Å²) in [6.45, 7) is 11.7. The molecule has 0 bridgehead atoms. The zero-order valence-corrected chi connectivity index (χ0v) is 19.8. The predicted molar refractivity (Wildman–Crippen MR) is 130 cm³/mol. The first-order chi connectivity index (χ1) is 15.0. The largest absolute Gasteiger partial charge is 0.508 e. The van der Waals surface area contributed by atoms with Crippen molar-refractivity contribution < 1.29 is 25.2 Å². The molecule has 0 aliphatic carbocycles. The van der Waals surface area contributed by atoms with E-state index in [1.165, 1.54) is 11.6 Å². The van der Waals surface area contributed by atoms with E-state index >= 15 is 0 Å². The van der Waals surface area contributed by atoms with Crippen LogP contribution in [-0.2, 0) is 11.2 Å². The molecule has 0 unspecified atom stereocenters. The SMILES string of the molecule is C=C(CC/C=C(/CCC=C(C)C)C(=O)O)[C@@H](O)CC/C(C)=C/Cc1cc(O)cc(C)c1O. The minimum Gasteiger partial charge on any atom is -0.508 e. The van der Waals surface area contributed by atoms with Gasteiger partial charge in [-0.2, -0.15) is 0 Å². The van der Waals surface area contributed by atoms with E-state index in [1.54, 1.807) is 19.1 Å². The van der Waals surface area contributed by atoms with Crippen LogP contribution in [0.2, 0.25) is 0 Å². The van der Waals surface area contributed by atoms with Crippen LogP contribution in [0.1, 0.15) is 70.4 Å². The first kappa shape index (κ1) is 27.2. The molecule has 0 aliphatic heterocycles. The number of carbonyl (C=O) groups is 1. The Bertz CT molecular complexity index is 886. The standard InChI is InChI=1S/C27H38O5/c1-18(2)8-6-10-22(27(31)32)11-7-9-20(4)25(29)15-13-19(3)12-14-23-17-24(28)16-21(5)26(23)30/h8,11-12,16-17,25,28-30H,4,6-7,9-10,13-15H2,1-3,5H3,(H,31,32)/b19-12+,22-11-/t25-/m0/s1. The summed E-state index contributed by atoms with van der Waals surface area (Å²) >= 11 is 0. The zero-order chi connectivity index (χ0) is 24.3. The van der Waals surface area contributed by atoms with Crippen LogP contribution in [0.15, 0.2) is 59.2 Å². The van der Waals surface area contributed by atoms with Crippen LogP contribution in [0.5, 0.6) is 11.5 Å². The third-order valence-corrected chi connectivity index (χ3v) is 5.42. The number of phenolic OH excluding ortho intramolecular Hbond substituents is 2. The molecule has 1 aromatic rings. The quantitative estimate of drug-likeness (QED) is 0.167. The highest BCUT2D eigenvalue weighted by atomic mass is 16.4. The van der Waals surface area contributed by atoms with Gasteiger partial charge in [-0.05, 0) is 95.9 Å². The van der Waals surface area contributed by atoms with Gasteiger partial charge in [-0.1, -0.05) is 36.0 Å². The molecule has 0 aromatic heterocycles. The van der Waals surface area contributed by atoms with Gasteiger partial charge in [0.2, 0.25) is 0 Å².